The van der Waals surface area contributed by atoms with Crippen LogP contribution in [0.3, 0.4) is 0 Å². The van der Waals surface area contributed by atoms with E-state index in [4.69, 9.17) is 0 Å². The Morgan fingerprint density at radius 1 is 1.30 bits per heavy atom. The second-order valence-corrected chi connectivity index (χ2v) is 3.14. The van der Waals surface area contributed by atoms with Crippen LogP contribution in [0.5, 0.6) is 0 Å². The summed E-state index contributed by atoms with van der Waals surface area (Å²) in [7, 11) is 0. The molecule has 62 valence electrons. The molecule has 0 spiro atoms. The first-order valence-corrected chi connectivity index (χ1v) is 4.27. The highest BCUT2D eigenvalue weighted by atomic mass is 14.9. The van der Waals surface area contributed by atoms with E-state index in [2.05, 4.69) is 24.9 Å². The van der Waals surface area contributed by atoms with Crippen molar-refractivity contribution in [2.75, 3.05) is 19.6 Å². The van der Waals surface area contributed by atoms with Crippen molar-refractivity contribution in [1.29, 1.82) is 0 Å². The minimum atomic E-state index is 0.849. The van der Waals surface area contributed by atoms with Gasteiger partial charge in [0.2, 0.25) is 0 Å². The Hall–Kier alpha value is -0.0800. The predicted molar refractivity (Wildman–Crippen MR) is 44.7 cm³/mol. The topological polar surface area (TPSA) is 39.7 Å². The summed E-state index contributed by atoms with van der Waals surface area (Å²) in [6, 6.07) is 0. The van der Waals surface area contributed by atoms with Crippen LogP contribution < -0.4 is 11.1 Å². The lowest BCUT2D eigenvalue weighted by molar-refractivity contribution is -0.365. The maximum Gasteiger partial charge on any atom is 0.0866 e. The molecule has 0 radical (unpaired) electrons. The van der Waals surface area contributed by atoms with Crippen LogP contribution in [0.15, 0.2) is 0 Å². The summed E-state index contributed by atoms with van der Waals surface area (Å²) in [5.41, 5.74) is 3.76. The summed E-state index contributed by atoms with van der Waals surface area (Å²) in [6.45, 7) is 7.76. The molecule has 0 aromatic rings. The first-order valence-electron chi connectivity index (χ1n) is 4.27. The molecule has 0 rings (SSSR count). The molecule has 0 amide bonds. The smallest absolute Gasteiger partial charge is 0.0866 e. The molecule has 0 fully saturated rings. The molecule has 2 nitrogen and oxygen atoms in total. The molecule has 0 atom stereocenters. The third-order valence-corrected chi connectivity index (χ3v) is 1.49. The average molecular weight is 145 g/mol. The van der Waals surface area contributed by atoms with Gasteiger partial charge in [-0.1, -0.05) is 13.8 Å². The molecule has 4 N–H and O–H groups in total. The molecule has 10 heavy (non-hydrogen) atoms. The molecule has 0 saturated heterocycles. The Balaban J connectivity index is 2.77. The molecular formula is C8H21N2+. The van der Waals surface area contributed by atoms with Crippen molar-refractivity contribution in [3.63, 3.8) is 0 Å². The maximum absolute atomic E-state index is 3.76. The zero-order valence-corrected chi connectivity index (χ0v) is 7.32. The summed E-state index contributed by atoms with van der Waals surface area (Å²) < 4.78 is 0. The average Bonchev–Trinajstić information content (AvgIpc) is 1.87. The van der Waals surface area contributed by atoms with Crippen molar-refractivity contribution in [1.82, 2.24) is 5.32 Å². The minimum Gasteiger partial charge on any atom is -0.357 e. The number of nitrogens with one attached hydrogen (secondary N) is 1. The highest BCUT2D eigenvalue weighted by molar-refractivity contribution is 4.49. The Labute approximate surface area is 64.2 Å². The van der Waals surface area contributed by atoms with Crippen molar-refractivity contribution in [3.05, 3.63) is 0 Å². The summed E-state index contributed by atoms with van der Waals surface area (Å²) in [5.74, 6) is 0.849. The van der Waals surface area contributed by atoms with Crippen LogP contribution in [0.2, 0.25) is 0 Å². The second kappa shape index (κ2) is 7.03. The van der Waals surface area contributed by atoms with Crippen LogP contribution >= 0.6 is 0 Å². The fourth-order valence-corrected chi connectivity index (χ4v) is 0.885. The molecule has 0 bridgehead atoms. The van der Waals surface area contributed by atoms with Crippen LogP contribution in [0.1, 0.15) is 26.7 Å². The van der Waals surface area contributed by atoms with Gasteiger partial charge in [0.05, 0.1) is 6.54 Å². The first-order chi connectivity index (χ1) is 4.77. The summed E-state index contributed by atoms with van der Waals surface area (Å²) in [5, 5.41) is 3.33. The molecular weight excluding hydrogens is 124 g/mol. The molecule has 0 aromatic carbocycles. The molecule has 0 heterocycles. The molecule has 2 heteroatoms. The molecule has 0 aliphatic heterocycles. The van der Waals surface area contributed by atoms with E-state index in [1.165, 1.54) is 12.8 Å². The van der Waals surface area contributed by atoms with Crippen molar-refractivity contribution >= 4 is 0 Å². The first kappa shape index (κ1) is 9.92. The van der Waals surface area contributed by atoms with Gasteiger partial charge >= 0.3 is 0 Å². The predicted octanol–water partition coefficient (Wildman–Crippen LogP) is 0.254. The van der Waals surface area contributed by atoms with Crippen LogP contribution in [0.4, 0.5) is 0 Å². The number of quaternary nitrogens is 1. The highest BCUT2D eigenvalue weighted by Crippen LogP contribution is 2.01. The van der Waals surface area contributed by atoms with Gasteiger partial charge in [-0.05, 0) is 25.3 Å². The Morgan fingerprint density at radius 3 is 2.50 bits per heavy atom. The fourth-order valence-electron chi connectivity index (χ4n) is 0.885. The molecule has 0 aliphatic rings. The number of rotatable bonds is 6. The Kier molecular flexibility index (Phi) is 6.98. The van der Waals surface area contributed by atoms with E-state index in [1.807, 2.05) is 0 Å². The Morgan fingerprint density at radius 2 is 2.00 bits per heavy atom. The van der Waals surface area contributed by atoms with Crippen molar-refractivity contribution in [2.24, 2.45) is 5.92 Å². The van der Waals surface area contributed by atoms with Crippen LogP contribution in [-0.2, 0) is 0 Å². The van der Waals surface area contributed by atoms with Crippen LogP contribution in [0.25, 0.3) is 0 Å². The molecule has 0 aliphatic carbocycles. The van der Waals surface area contributed by atoms with E-state index in [9.17, 15) is 0 Å². The largest absolute Gasteiger partial charge is 0.357 e. The van der Waals surface area contributed by atoms with E-state index >= 15 is 0 Å². The van der Waals surface area contributed by atoms with Crippen molar-refractivity contribution in [2.45, 2.75) is 26.7 Å². The summed E-state index contributed by atoms with van der Waals surface area (Å²) in [4.78, 5) is 0. The zero-order valence-electron chi connectivity index (χ0n) is 7.32. The molecule has 0 unspecified atom stereocenters. The maximum atomic E-state index is 3.76. The van der Waals surface area contributed by atoms with Crippen LogP contribution in [-0.4, -0.2) is 19.6 Å². The third kappa shape index (κ3) is 7.92. The number of hydrogen-bond donors (Lipinski definition) is 2. The standard InChI is InChI=1S/C8H20N2/c1-8(2)4-3-6-10-7-5-9/h8,10H,3-7,9H2,1-2H3/p+1. The molecule has 0 aromatic heterocycles. The number of hydrogen-bond acceptors (Lipinski definition) is 1. The Bertz CT molecular complexity index is 62.3. The van der Waals surface area contributed by atoms with Gasteiger partial charge in [-0.25, -0.2) is 0 Å². The van der Waals surface area contributed by atoms with E-state index in [-0.39, 0.29) is 0 Å². The van der Waals surface area contributed by atoms with Gasteiger partial charge in [0.15, 0.2) is 0 Å². The van der Waals surface area contributed by atoms with Crippen LogP contribution in [0, 0.1) is 5.92 Å². The second-order valence-electron chi connectivity index (χ2n) is 3.14. The summed E-state index contributed by atoms with van der Waals surface area (Å²) in [6.07, 6.45) is 2.64. The lowest BCUT2D eigenvalue weighted by Gasteiger charge is -2.03. The lowest BCUT2D eigenvalue weighted by Crippen LogP contribution is -2.54. The third-order valence-electron chi connectivity index (χ3n) is 1.49. The van der Waals surface area contributed by atoms with Gasteiger partial charge in [0.25, 0.3) is 0 Å². The zero-order chi connectivity index (χ0) is 7.82. The van der Waals surface area contributed by atoms with E-state index < -0.39 is 0 Å². The van der Waals surface area contributed by atoms with Gasteiger partial charge < -0.3 is 11.1 Å². The fraction of sp³-hybridized carbons (Fsp3) is 1.00. The summed E-state index contributed by atoms with van der Waals surface area (Å²) >= 11 is 0. The highest BCUT2D eigenvalue weighted by Gasteiger charge is 1.92. The monoisotopic (exact) mass is 145 g/mol. The van der Waals surface area contributed by atoms with E-state index in [0.29, 0.717) is 0 Å². The molecule has 0 saturated carbocycles. The van der Waals surface area contributed by atoms with Gasteiger partial charge in [-0.3, -0.25) is 0 Å². The normalized spacial score (nSPS) is 10.8. The lowest BCUT2D eigenvalue weighted by atomic mass is 10.1. The van der Waals surface area contributed by atoms with Gasteiger partial charge in [0, 0.05) is 6.54 Å². The van der Waals surface area contributed by atoms with Crippen molar-refractivity contribution in [3.8, 4) is 0 Å². The minimum absolute atomic E-state index is 0.849. The van der Waals surface area contributed by atoms with E-state index in [0.717, 1.165) is 25.6 Å². The van der Waals surface area contributed by atoms with Gasteiger partial charge in [0.1, 0.15) is 0 Å². The van der Waals surface area contributed by atoms with Crippen molar-refractivity contribution < 1.29 is 5.73 Å². The van der Waals surface area contributed by atoms with E-state index in [1.54, 1.807) is 0 Å². The van der Waals surface area contributed by atoms with Gasteiger partial charge in [-0.2, -0.15) is 0 Å². The SMILES string of the molecule is CC(C)CCCNCC[NH3+]. The quantitative estimate of drug-likeness (QED) is 0.517. The van der Waals surface area contributed by atoms with Gasteiger partial charge in [-0.15, -0.1) is 0 Å².